The molecule has 0 radical (unpaired) electrons. The summed E-state index contributed by atoms with van der Waals surface area (Å²) in [6, 6.07) is 7.90. The van der Waals surface area contributed by atoms with E-state index in [2.05, 4.69) is 17.0 Å². The van der Waals surface area contributed by atoms with Crippen LogP contribution >= 0.6 is 0 Å². The average molecular weight is 182 g/mol. The summed E-state index contributed by atoms with van der Waals surface area (Å²) in [6.07, 6.45) is 0. The molecule has 1 N–H and O–H groups in total. The number of hydrogen-bond donors (Lipinski definition) is 1. The van der Waals surface area contributed by atoms with Crippen molar-refractivity contribution < 1.29 is 17.0 Å². The molecule has 0 fully saturated rings. The maximum atomic E-state index is 7.45. The Hall–Kier alpha value is -0.656. The van der Waals surface area contributed by atoms with E-state index >= 15 is 0 Å². The van der Waals surface area contributed by atoms with Crippen molar-refractivity contribution in [3.8, 4) is 0 Å². The second-order valence-electron chi connectivity index (χ2n) is 2.34. The summed E-state index contributed by atoms with van der Waals surface area (Å²) in [6.45, 7) is 1.80. The third-order valence-corrected chi connectivity index (χ3v) is 1.94. The Bertz CT molecular complexity index is 291. The Labute approximate surface area is 75.4 Å². The fraction of sp³-hybridized carbons (Fsp3) is 0.111. The Morgan fingerprint density at radius 1 is 1.45 bits per heavy atom. The van der Waals surface area contributed by atoms with Gasteiger partial charge in [-0.2, -0.15) is 0 Å². The van der Waals surface area contributed by atoms with Gasteiger partial charge in [0.25, 0.3) is 0 Å². The standard InChI is InChI=1S/C9H9N.V/c1-7-5-3-4-6-9(7)8(2)10;/h1,3-6,10H,2H3;. The van der Waals surface area contributed by atoms with E-state index in [1.165, 1.54) is 0 Å². The van der Waals surface area contributed by atoms with Crippen molar-refractivity contribution in [1.82, 2.24) is 0 Å². The van der Waals surface area contributed by atoms with Crippen molar-refractivity contribution in [2.24, 2.45) is 0 Å². The second-order valence-corrected chi connectivity index (χ2v) is 2.74. The van der Waals surface area contributed by atoms with Crippen molar-refractivity contribution in [1.29, 1.82) is 5.41 Å². The molecule has 55 valence electrons. The first-order chi connectivity index (χ1) is 5.25. The molecule has 0 bridgehead atoms. The molecular weight excluding hydrogens is 173 g/mol. The Balaban J connectivity index is 3.22. The molecule has 2 heteroatoms. The van der Waals surface area contributed by atoms with E-state index < -0.39 is 0 Å². The first kappa shape index (κ1) is 8.44. The van der Waals surface area contributed by atoms with Gasteiger partial charge in [0.05, 0.1) is 0 Å². The fourth-order valence-electron chi connectivity index (χ4n) is 0.951. The number of nitrogens with one attached hydrogen (secondary N) is 1. The van der Waals surface area contributed by atoms with E-state index in [0.29, 0.717) is 5.71 Å². The normalized spacial score (nSPS) is 9.09. The van der Waals surface area contributed by atoms with E-state index in [4.69, 9.17) is 5.41 Å². The van der Waals surface area contributed by atoms with Gasteiger partial charge in [0.1, 0.15) is 0 Å². The molecule has 0 atom stereocenters. The van der Waals surface area contributed by atoms with Crippen molar-refractivity contribution in [3.63, 3.8) is 0 Å². The van der Waals surface area contributed by atoms with Crippen LogP contribution in [0.3, 0.4) is 0 Å². The van der Waals surface area contributed by atoms with Gasteiger partial charge in [0.2, 0.25) is 0 Å². The molecular formula is C9H9NV. The number of rotatable bonds is 2. The zero-order chi connectivity index (χ0) is 8.27. The molecule has 0 heterocycles. The average Bonchev–Trinajstić information content (AvgIpc) is 2.04. The molecule has 1 aromatic carbocycles. The van der Waals surface area contributed by atoms with Gasteiger partial charge in [-0.25, -0.2) is 0 Å². The molecule has 0 saturated carbocycles. The molecule has 1 aromatic rings. The Morgan fingerprint density at radius 3 is 2.55 bits per heavy atom. The van der Waals surface area contributed by atoms with Crippen molar-refractivity contribution in [2.75, 3.05) is 0 Å². The molecule has 0 aliphatic heterocycles. The van der Waals surface area contributed by atoms with Gasteiger partial charge in [-0.3, -0.25) is 0 Å². The third kappa shape index (κ3) is 1.89. The van der Waals surface area contributed by atoms with Gasteiger partial charge in [0.15, 0.2) is 0 Å². The van der Waals surface area contributed by atoms with Crippen LogP contribution in [0, 0.1) is 5.41 Å². The molecule has 0 spiro atoms. The second kappa shape index (κ2) is 3.65. The molecule has 0 unspecified atom stereocenters. The van der Waals surface area contributed by atoms with Gasteiger partial charge < -0.3 is 0 Å². The van der Waals surface area contributed by atoms with Gasteiger partial charge in [-0.05, 0) is 0 Å². The van der Waals surface area contributed by atoms with E-state index in [1.54, 1.807) is 6.92 Å². The van der Waals surface area contributed by atoms with Crippen LogP contribution in [-0.4, -0.2) is 10.4 Å². The monoisotopic (exact) mass is 182 g/mol. The van der Waals surface area contributed by atoms with Crippen molar-refractivity contribution >= 4 is 10.4 Å². The first-order valence-corrected chi connectivity index (χ1v) is 4.18. The van der Waals surface area contributed by atoms with Gasteiger partial charge in [0, 0.05) is 0 Å². The molecule has 0 aliphatic carbocycles. The van der Waals surface area contributed by atoms with Crippen LogP contribution in [0.15, 0.2) is 24.3 Å². The van der Waals surface area contributed by atoms with Gasteiger partial charge in [-0.1, -0.05) is 0 Å². The van der Waals surface area contributed by atoms with Crippen LogP contribution in [-0.2, 0) is 17.0 Å². The van der Waals surface area contributed by atoms with Gasteiger partial charge >= 0.3 is 75.1 Å². The van der Waals surface area contributed by atoms with Gasteiger partial charge in [-0.15, -0.1) is 0 Å². The summed E-state index contributed by atoms with van der Waals surface area (Å²) in [5.41, 5.74) is 2.73. The fourth-order valence-corrected chi connectivity index (χ4v) is 1.30. The third-order valence-electron chi connectivity index (χ3n) is 1.50. The summed E-state index contributed by atoms with van der Waals surface area (Å²) < 4.78 is 1.96. The number of benzene rings is 1. The summed E-state index contributed by atoms with van der Waals surface area (Å²) in [5.74, 6) is 0. The molecule has 0 saturated heterocycles. The molecule has 1 rings (SSSR count). The molecule has 0 amide bonds. The summed E-state index contributed by atoms with van der Waals surface area (Å²) >= 11 is 2.41. The zero-order valence-electron chi connectivity index (χ0n) is 6.33. The van der Waals surface area contributed by atoms with Crippen LogP contribution in [0.4, 0.5) is 0 Å². The minimum absolute atomic E-state index is 0.614. The quantitative estimate of drug-likeness (QED) is 0.674. The first-order valence-electron chi connectivity index (χ1n) is 3.37. The van der Waals surface area contributed by atoms with E-state index in [9.17, 15) is 0 Å². The summed E-state index contributed by atoms with van der Waals surface area (Å²) in [7, 11) is 0. The van der Waals surface area contributed by atoms with Crippen LogP contribution in [0.2, 0.25) is 0 Å². The SMILES string of the molecule is CC(=N)c1ccccc1[CH]=[V]. The van der Waals surface area contributed by atoms with E-state index in [1.807, 2.05) is 29.0 Å². The Kier molecular flexibility index (Phi) is 2.80. The summed E-state index contributed by atoms with van der Waals surface area (Å²) in [4.78, 5) is 0. The zero-order valence-corrected chi connectivity index (χ0v) is 7.73. The van der Waals surface area contributed by atoms with Crippen LogP contribution in [0.5, 0.6) is 0 Å². The van der Waals surface area contributed by atoms with E-state index in [0.717, 1.165) is 11.1 Å². The van der Waals surface area contributed by atoms with Crippen LogP contribution in [0.1, 0.15) is 18.1 Å². The maximum absolute atomic E-state index is 7.45. The van der Waals surface area contributed by atoms with Crippen molar-refractivity contribution in [2.45, 2.75) is 6.92 Å². The topological polar surface area (TPSA) is 23.9 Å². The molecule has 11 heavy (non-hydrogen) atoms. The van der Waals surface area contributed by atoms with Crippen LogP contribution < -0.4 is 0 Å². The predicted octanol–water partition coefficient (Wildman–Crippen LogP) is 1.77. The Morgan fingerprint density at radius 2 is 2.09 bits per heavy atom. The number of hydrogen-bond acceptors (Lipinski definition) is 1. The summed E-state index contributed by atoms with van der Waals surface area (Å²) in [5, 5.41) is 7.45. The minimum atomic E-state index is 0.614. The molecule has 0 aliphatic rings. The van der Waals surface area contributed by atoms with E-state index in [-0.39, 0.29) is 0 Å². The van der Waals surface area contributed by atoms with Crippen molar-refractivity contribution in [3.05, 3.63) is 35.4 Å². The molecule has 1 nitrogen and oxygen atoms in total. The predicted molar refractivity (Wildman–Crippen MR) is 44.1 cm³/mol. The molecule has 0 aromatic heterocycles. The van der Waals surface area contributed by atoms with Crippen LogP contribution in [0.25, 0.3) is 0 Å².